The van der Waals surface area contributed by atoms with Gasteiger partial charge in [0.25, 0.3) is 0 Å². The molecule has 0 saturated heterocycles. The van der Waals surface area contributed by atoms with Crippen LogP contribution in [0.1, 0.15) is 5.69 Å². The molecule has 0 fully saturated rings. The lowest BCUT2D eigenvalue weighted by Gasteiger charge is -2.10. The van der Waals surface area contributed by atoms with Crippen LogP contribution in [-0.2, 0) is 0 Å². The van der Waals surface area contributed by atoms with Crippen LogP contribution in [0.4, 0.5) is 0 Å². The summed E-state index contributed by atoms with van der Waals surface area (Å²) >= 11 is 6.44. The maximum absolute atomic E-state index is 6.44. The fourth-order valence-electron chi connectivity index (χ4n) is 2.73. The van der Waals surface area contributed by atoms with Crippen molar-refractivity contribution in [3.63, 3.8) is 0 Å². The third-order valence-electron chi connectivity index (χ3n) is 3.84. The van der Waals surface area contributed by atoms with Crippen LogP contribution in [0.25, 0.3) is 33.7 Å². The van der Waals surface area contributed by atoms with E-state index in [0.717, 1.165) is 33.5 Å². The Morgan fingerprint density at radius 2 is 1.54 bits per heavy atom. The van der Waals surface area contributed by atoms with E-state index >= 15 is 0 Å². The molecule has 0 atom stereocenters. The van der Waals surface area contributed by atoms with Crippen molar-refractivity contribution in [3.8, 4) is 22.8 Å². The molecule has 0 unspecified atom stereocenters. The van der Waals surface area contributed by atoms with Crippen molar-refractivity contribution in [1.29, 1.82) is 0 Å². The molecule has 24 heavy (non-hydrogen) atoms. The number of aryl methyl sites for hydroxylation is 1. The van der Waals surface area contributed by atoms with Crippen molar-refractivity contribution in [3.05, 3.63) is 77.4 Å². The number of pyridine rings is 1. The predicted molar refractivity (Wildman–Crippen MR) is 98.0 cm³/mol. The van der Waals surface area contributed by atoms with Gasteiger partial charge in [0, 0.05) is 16.6 Å². The average molecular weight is 332 g/mol. The normalized spacial score (nSPS) is 10.9. The van der Waals surface area contributed by atoms with Crippen LogP contribution in [-0.4, -0.2) is 15.0 Å². The molecule has 0 amide bonds. The number of fused-ring (bicyclic) bond motifs is 1. The van der Waals surface area contributed by atoms with E-state index in [9.17, 15) is 0 Å². The molecular formula is C20H14ClN3. The summed E-state index contributed by atoms with van der Waals surface area (Å²) in [6, 6.07) is 21.6. The number of hydrogen-bond donors (Lipinski definition) is 0. The number of hydrogen-bond acceptors (Lipinski definition) is 3. The quantitative estimate of drug-likeness (QED) is 0.499. The highest BCUT2D eigenvalue weighted by molar-refractivity contribution is 6.36. The van der Waals surface area contributed by atoms with E-state index in [1.54, 1.807) is 0 Å². The number of benzene rings is 2. The highest BCUT2D eigenvalue weighted by Gasteiger charge is 2.14. The summed E-state index contributed by atoms with van der Waals surface area (Å²) in [4.78, 5) is 14.0. The Kier molecular flexibility index (Phi) is 3.71. The maximum Gasteiger partial charge on any atom is 0.179 e. The second kappa shape index (κ2) is 6.02. The molecule has 0 bridgehead atoms. The van der Waals surface area contributed by atoms with Gasteiger partial charge in [-0.15, -0.1) is 0 Å². The smallest absolute Gasteiger partial charge is 0.179 e. The van der Waals surface area contributed by atoms with Crippen molar-refractivity contribution in [2.45, 2.75) is 6.92 Å². The first-order valence-corrected chi connectivity index (χ1v) is 8.06. The minimum absolute atomic E-state index is 0.604. The fraction of sp³-hybridized carbons (Fsp3) is 0.0500. The molecule has 4 heteroatoms. The van der Waals surface area contributed by atoms with Gasteiger partial charge in [-0.05, 0) is 31.2 Å². The highest BCUT2D eigenvalue weighted by atomic mass is 35.5. The number of rotatable bonds is 2. The van der Waals surface area contributed by atoms with Crippen molar-refractivity contribution in [2.24, 2.45) is 0 Å². The Balaban J connectivity index is 2.05. The van der Waals surface area contributed by atoms with E-state index in [-0.39, 0.29) is 0 Å². The molecule has 0 aliphatic heterocycles. The van der Waals surface area contributed by atoms with Crippen LogP contribution in [0.3, 0.4) is 0 Å². The number of aromatic nitrogens is 3. The van der Waals surface area contributed by atoms with Gasteiger partial charge in [0.05, 0.1) is 16.2 Å². The zero-order valence-electron chi connectivity index (χ0n) is 13.1. The highest BCUT2D eigenvalue weighted by Crippen LogP contribution is 2.33. The first-order chi connectivity index (χ1) is 11.7. The van der Waals surface area contributed by atoms with Crippen LogP contribution in [0, 0.1) is 6.92 Å². The van der Waals surface area contributed by atoms with E-state index in [2.05, 4.69) is 9.97 Å². The van der Waals surface area contributed by atoms with Gasteiger partial charge in [0.2, 0.25) is 0 Å². The summed E-state index contributed by atoms with van der Waals surface area (Å²) in [5, 5.41) is 1.51. The molecule has 0 radical (unpaired) electrons. The fourth-order valence-corrected chi connectivity index (χ4v) is 2.99. The standard InChI is InChI=1S/C20H14ClN3/c1-13-7-5-12-17(22-13)20-23-16-11-6-10-15(21)18(16)19(24-20)14-8-3-2-4-9-14/h2-12H,1H3. The third-order valence-corrected chi connectivity index (χ3v) is 4.15. The molecule has 4 rings (SSSR count). The van der Waals surface area contributed by atoms with Crippen molar-refractivity contribution in [2.75, 3.05) is 0 Å². The van der Waals surface area contributed by atoms with E-state index in [4.69, 9.17) is 16.6 Å². The first-order valence-electron chi connectivity index (χ1n) is 7.68. The van der Waals surface area contributed by atoms with Crippen LogP contribution in [0.15, 0.2) is 66.7 Å². The third kappa shape index (κ3) is 2.63. The van der Waals surface area contributed by atoms with Gasteiger partial charge in [-0.2, -0.15) is 0 Å². The summed E-state index contributed by atoms with van der Waals surface area (Å²) in [7, 11) is 0. The predicted octanol–water partition coefficient (Wildman–Crippen LogP) is 5.32. The summed E-state index contributed by atoms with van der Waals surface area (Å²) in [6.45, 7) is 1.96. The van der Waals surface area contributed by atoms with E-state index in [0.29, 0.717) is 10.8 Å². The Labute approximate surface area is 145 Å². The summed E-state index contributed by atoms with van der Waals surface area (Å²) in [6.07, 6.45) is 0. The SMILES string of the molecule is Cc1cccc(-c2nc(-c3ccccc3)c3c(Cl)cccc3n2)n1. The monoisotopic (exact) mass is 331 g/mol. The van der Waals surface area contributed by atoms with Gasteiger partial charge in [-0.1, -0.05) is 54.1 Å². The molecule has 0 N–H and O–H groups in total. The minimum Gasteiger partial charge on any atom is -0.250 e. The Hall–Kier alpha value is -2.78. The Morgan fingerprint density at radius 3 is 2.33 bits per heavy atom. The molecule has 116 valence electrons. The second-order valence-electron chi connectivity index (χ2n) is 5.56. The largest absolute Gasteiger partial charge is 0.250 e. The van der Waals surface area contributed by atoms with E-state index in [1.165, 1.54) is 0 Å². The van der Waals surface area contributed by atoms with Crippen LogP contribution < -0.4 is 0 Å². The zero-order valence-corrected chi connectivity index (χ0v) is 13.8. The van der Waals surface area contributed by atoms with Gasteiger partial charge in [-0.3, -0.25) is 0 Å². The Morgan fingerprint density at radius 1 is 0.750 bits per heavy atom. The molecule has 0 aliphatic carbocycles. The van der Waals surface area contributed by atoms with Crippen LogP contribution in [0.5, 0.6) is 0 Å². The first kappa shape index (κ1) is 14.8. The average Bonchev–Trinajstić information content (AvgIpc) is 2.62. The zero-order chi connectivity index (χ0) is 16.5. The molecule has 2 heterocycles. The Bertz CT molecular complexity index is 1030. The van der Waals surface area contributed by atoms with E-state index in [1.807, 2.05) is 73.7 Å². The van der Waals surface area contributed by atoms with Crippen molar-refractivity contribution >= 4 is 22.5 Å². The van der Waals surface area contributed by atoms with Crippen molar-refractivity contribution in [1.82, 2.24) is 15.0 Å². The van der Waals surface area contributed by atoms with Crippen LogP contribution in [0.2, 0.25) is 5.02 Å². The molecule has 0 aliphatic rings. The van der Waals surface area contributed by atoms with Gasteiger partial charge in [0.1, 0.15) is 5.69 Å². The van der Waals surface area contributed by atoms with Gasteiger partial charge in [-0.25, -0.2) is 15.0 Å². The maximum atomic E-state index is 6.44. The molecule has 0 spiro atoms. The summed E-state index contributed by atoms with van der Waals surface area (Å²) in [5.74, 6) is 0.604. The summed E-state index contributed by atoms with van der Waals surface area (Å²) in [5.41, 5.74) is 4.34. The molecule has 3 nitrogen and oxygen atoms in total. The van der Waals surface area contributed by atoms with Crippen LogP contribution >= 0.6 is 11.6 Å². The molecule has 2 aromatic carbocycles. The lowest BCUT2D eigenvalue weighted by Crippen LogP contribution is -1.97. The van der Waals surface area contributed by atoms with Gasteiger partial charge >= 0.3 is 0 Å². The lowest BCUT2D eigenvalue weighted by atomic mass is 10.1. The lowest BCUT2D eigenvalue weighted by molar-refractivity contribution is 1.14. The van der Waals surface area contributed by atoms with E-state index < -0.39 is 0 Å². The minimum atomic E-state index is 0.604. The summed E-state index contributed by atoms with van der Waals surface area (Å²) < 4.78 is 0. The van der Waals surface area contributed by atoms with Gasteiger partial charge < -0.3 is 0 Å². The number of halogens is 1. The topological polar surface area (TPSA) is 38.7 Å². The van der Waals surface area contributed by atoms with Gasteiger partial charge in [0.15, 0.2) is 5.82 Å². The molecular weight excluding hydrogens is 318 g/mol. The molecule has 2 aromatic heterocycles. The van der Waals surface area contributed by atoms with Crippen molar-refractivity contribution < 1.29 is 0 Å². The second-order valence-corrected chi connectivity index (χ2v) is 5.97. The number of nitrogens with zero attached hydrogens (tertiary/aromatic N) is 3. The molecule has 0 saturated carbocycles. The molecule has 4 aromatic rings.